The van der Waals surface area contributed by atoms with Crippen molar-refractivity contribution >= 4 is 44.3 Å². The number of aromatic nitrogens is 4. The summed E-state index contributed by atoms with van der Waals surface area (Å²) in [6.07, 6.45) is 0. The fourth-order valence-corrected chi connectivity index (χ4v) is 6.28. The molecule has 4 heterocycles. The fourth-order valence-electron chi connectivity index (χ4n) is 5.26. The Kier molecular flexibility index (Phi) is 4.62. The van der Waals surface area contributed by atoms with Gasteiger partial charge in [0.05, 0.1) is 10.9 Å². The van der Waals surface area contributed by atoms with Crippen molar-refractivity contribution in [2.24, 2.45) is 0 Å². The normalized spacial score (nSPS) is 11.7. The minimum absolute atomic E-state index is 0.809. The highest BCUT2D eigenvalue weighted by Gasteiger charge is 2.22. The van der Waals surface area contributed by atoms with Gasteiger partial charge in [0.15, 0.2) is 11.6 Å². The number of hydrogen-bond acceptors (Lipinski definition) is 4. The molecule has 8 rings (SSSR count). The highest BCUT2D eigenvalue weighted by Crippen LogP contribution is 2.41. The minimum Gasteiger partial charge on any atom is -0.439 e. The van der Waals surface area contributed by atoms with Gasteiger partial charge in [-0.15, -0.1) is 10.2 Å². The van der Waals surface area contributed by atoms with E-state index in [1.165, 1.54) is 5.39 Å². The molecule has 0 saturated heterocycles. The van der Waals surface area contributed by atoms with Gasteiger partial charge in [0.2, 0.25) is 5.71 Å². The Morgan fingerprint density at radius 3 is 1.76 bits per heavy atom. The fraction of sp³-hybridized carbons (Fsp3) is 0. The maximum Gasteiger partial charge on any atom is 0.214 e. The lowest BCUT2D eigenvalue weighted by molar-refractivity contribution is 0.646. The van der Waals surface area contributed by atoms with Crippen LogP contribution in [0.15, 0.2) is 126 Å². The van der Waals surface area contributed by atoms with Crippen LogP contribution in [0.1, 0.15) is 0 Å². The second kappa shape index (κ2) is 8.30. The van der Waals surface area contributed by atoms with Crippen LogP contribution in [0.4, 0.5) is 0 Å². The molecule has 0 atom stereocenters. The molecule has 5 nitrogen and oxygen atoms in total. The third kappa shape index (κ3) is 3.11. The minimum atomic E-state index is 0.809. The van der Waals surface area contributed by atoms with Gasteiger partial charge >= 0.3 is 0 Å². The third-order valence-corrected chi connectivity index (χ3v) is 8.00. The zero-order chi connectivity index (χ0) is 25.1. The summed E-state index contributed by atoms with van der Waals surface area (Å²) in [5.41, 5.74) is 4.91. The van der Waals surface area contributed by atoms with E-state index in [2.05, 4.69) is 92.1 Å². The zero-order valence-corrected chi connectivity index (χ0v) is 21.0. The van der Waals surface area contributed by atoms with Gasteiger partial charge in [0.1, 0.15) is 15.6 Å². The quantitative estimate of drug-likeness (QED) is 0.239. The van der Waals surface area contributed by atoms with Crippen molar-refractivity contribution in [2.45, 2.75) is 0 Å². The van der Waals surface area contributed by atoms with Crippen LogP contribution < -0.4 is 0 Å². The Morgan fingerprint density at radius 1 is 0.526 bits per heavy atom. The predicted octanol–water partition coefficient (Wildman–Crippen LogP) is 8.51. The van der Waals surface area contributed by atoms with E-state index >= 15 is 0 Å². The summed E-state index contributed by atoms with van der Waals surface area (Å²) < 4.78 is 10.8. The monoisotopic (exact) mass is 508 g/mol. The second-order valence-corrected chi connectivity index (χ2v) is 10.2. The number of benzene rings is 4. The molecule has 4 aromatic heterocycles. The average molecular weight is 509 g/mol. The van der Waals surface area contributed by atoms with Crippen molar-refractivity contribution in [3.8, 4) is 32.8 Å². The molecular weight excluding hydrogens is 488 g/mol. The van der Waals surface area contributed by atoms with E-state index in [1.807, 2.05) is 48.5 Å². The van der Waals surface area contributed by atoms with Crippen molar-refractivity contribution < 1.29 is 4.42 Å². The molecule has 38 heavy (non-hydrogen) atoms. The average Bonchev–Trinajstić information content (AvgIpc) is 3.75. The third-order valence-electron chi connectivity index (χ3n) is 6.94. The second-order valence-electron chi connectivity index (χ2n) is 9.16. The summed E-state index contributed by atoms with van der Waals surface area (Å²) in [6.45, 7) is 0. The Morgan fingerprint density at radius 2 is 1.08 bits per heavy atom. The number of thiophene rings is 1. The van der Waals surface area contributed by atoms with E-state index in [0.29, 0.717) is 0 Å². The largest absolute Gasteiger partial charge is 0.439 e. The van der Waals surface area contributed by atoms with E-state index in [1.54, 1.807) is 11.3 Å². The van der Waals surface area contributed by atoms with Crippen LogP contribution in [-0.4, -0.2) is 19.3 Å². The first-order valence-corrected chi connectivity index (χ1v) is 13.3. The van der Waals surface area contributed by atoms with Crippen molar-refractivity contribution in [3.63, 3.8) is 0 Å². The first-order valence-electron chi connectivity index (χ1n) is 12.4. The van der Waals surface area contributed by atoms with E-state index in [9.17, 15) is 0 Å². The summed E-state index contributed by atoms with van der Waals surface area (Å²) >= 11 is 1.69. The molecule has 0 spiro atoms. The molecule has 0 saturated carbocycles. The van der Waals surface area contributed by atoms with E-state index in [-0.39, 0.29) is 0 Å². The zero-order valence-electron chi connectivity index (χ0n) is 20.2. The number of para-hydroxylation sites is 2. The molecule has 0 N–H and O–H groups in total. The molecule has 0 bridgehead atoms. The molecule has 0 aliphatic rings. The number of fused-ring (bicyclic) bond motifs is 5. The van der Waals surface area contributed by atoms with Crippen molar-refractivity contribution in [1.29, 1.82) is 0 Å². The van der Waals surface area contributed by atoms with Crippen LogP contribution in [0.2, 0.25) is 0 Å². The molecule has 0 unspecified atom stereocenters. The molecular formula is C32H20N4OS. The molecule has 180 valence electrons. The predicted molar refractivity (Wildman–Crippen MR) is 154 cm³/mol. The van der Waals surface area contributed by atoms with Gasteiger partial charge in [0, 0.05) is 21.9 Å². The molecule has 0 amide bonds. The van der Waals surface area contributed by atoms with Crippen LogP contribution in [0.25, 0.3) is 65.7 Å². The molecule has 0 aliphatic carbocycles. The Balaban J connectivity index is 1.38. The van der Waals surface area contributed by atoms with Crippen LogP contribution >= 0.6 is 11.3 Å². The molecule has 0 radical (unpaired) electrons. The van der Waals surface area contributed by atoms with Crippen molar-refractivity contribution in [3.05, 3.63) is 121 Å². The smallest absolute Gasteiger partial charge is 0.214 e. The van der Waals surface area contributed by atoms with Crippen LogP contribution in [0.3, 0.4) is 0 Å². The Hall–Kier alpha value is -4.94. The summed E-state index contributed by atoms with van der Waals surface area (Å²) in [5, 5.41) is 14.8. The number of rotatable bonds is 4. The molecule has 4 aromatic carbocycles. The number of hydrogen-bond donors (Lipinski definition) is 0. The van der Waals surface area contributed by atoms with E-state index in [0.717, 1.165) is 60.4 Å². The lowest BCUT2D eigenvalue weighted by atomic mass is 10.1. The van der Waals surface area contributed by atoms with Gasteiger partial charge in [0.25, 0.3) is 0 Å². The standard InChI is InChI=1S/C32H20N4OS/c1-3-11-21(12-4-1)30-33-34-31(22-13-5-2-6-14-22)36(30)28-20-19-27(38-28)35-25-17-9-7-15-23(25)29-24-16-8-10-18-26(24)37-32(29)35/h1-20H. The topological polar surface area (TPSA) is 48.8 Å². The summed E-state index contributed by atoms with van der Waals surface area (Å²) in [4.78, 5) is 0. The van der Waals surface area contributed by atoms with Gasteiger partial charge in [-0.3, -0.25) is 9.13 Å². The van der Waals surface area contributed by atoms with E-state index in [4.69, 9.17) is 4.42 Å². The summed E-state index contributed by atoms with van der Waals surface area (Å²) in [7, 11) is 0. The maximum atomic E-state index is 6.45. The molecule has 0 aliphatic heterocycles. The van der Waals surface area contributed by atoms with Crippen molar-refractivity contribution in [1.82, 2.24) is 19.3 Å². The van der Waals surface area contributed by atoms with Gasteiger partial charge in [-0.25, -0.2) is 0 Å². The molecule has 8 aromatic rings. The highest BCUT2D eigenvalue weighted by molar-refractivity contribution is 7.17. The number of nitrogens with zero attached hydrogens (tertiary/aromatic N) is 4. The number of furan rings is 1. The highest BCUT2D eigenvalue weighted by atomic mass is 32.1. The van der Waals surface area contributed by atoms with E-state index < -0.39 is 0 Å². The lowest BCUT2D eigenvalue weighted by Gasteiger charge is -2.09. The van der Waals surface area contributed by atoms with Gasteiger partial charge in [-0.1, -0.05) is 108 Å². The van der Waals surface area contributed by atoms with Crippen LogP contribution in [-0.2, 0) is 0 Å². The SMILES string of the molecule is c1ccc(-c2nnc(-c3ccccc3)n2-c2ccc(-n3c4ccccc4c4c5ccccc5oc43)s2)cc1. The molecule has 0 fully saturated rings. The Labute approximate surface area is 221 Å². The Bertz CT molecular complexity index is 2020. The lowest BCUT2D eigenvalue weighted by Crippen LogP contribution is -1.98. The summed E-state index contributed by atoms with van der Waals surface area (Å²) in [5.74, 6) is 1.62. The van der Waals surface area contributed by atoms with Gasteiger partial charge in [-0.05, 0) is 24.3 Å². The maximum absolute atomic E-state index is 6.45. The van der Waals surface area contributed by atoms with Crippen LogP contribution in [0.5, 0.6) is 0 Å². The van der Waals surface area contributed by atoms with Gasteiger partial charge in [-0.2, -0.15) is 0 Å². The first kappa shape index (κ1) is 21.2. The van der Waals surface area contributed by atoms with Crippen LogP contribution in [0, 0.1) is 0 Å². The molecule has 6 heteroatoms. The van der Waals surface area contributed by atoms with Crippen molar-refractivity contribution in [2.75, 3.05) is 0 Å². The first-order chi connectivity index (χ1) is 18.9. The summed E-state index contributed by atoms with van der Waals surface area (Å²) in [6, 6.07) is 41.5. The van der Waals surface area contributed by atoms with Gasteiger partial charge < -0.3 is 4.42 Å².